The molecule has 0 amide bonds. The molecule has 0 unspecified atom stereocenters. The molecule has 1 heteroatoms. The molecule has 3 aliphatic carbocycles. The topological polar surface area (TPSA) is 3.24 Å². The van der Waals surface area contributed by atoms with Crippen molar-refractivity contribution in [2.24, 2.45) is 0 Å². The third-order valence-electron chi connectivity index (χ3n) is 17.4. The molecule has 0 saturated carbocycles. The summed E-state index contributed by atoms with van der Waals surface area (Å²) in [4.78, 5) is 2.60. The zero-order chi connectivity index (χ0) is 49.6. The molecular weight excluding hydrogens is 903 g/mol. The van der Waals surface area contributed by atoms with Crippen molar-refractivity contribution in [3.63, 3.8) is 0 Å². The number of anilines is 3. The van der Waals surface area contributed by atoms with Crippen LogP contribution >= 0.6 is 0 Å². The lowest BCUT2D eigenvalue weighted by Gasteiger charge is -2.34. The Morgan fingerprint density at radius 3 is 1.35 bits per heavy atom. The molecular formula is C74H49N. The van der Waals surface area contributed by atoms with Crippen LogP contribution in [-0.4, -0.2) is 0 Å². The first-order valence-corrected chi connectivity index (χ1v) is 26.4. The van der Waals surface area contributed by atoms with E-state index in [0.29, 0.717) is 0 Å². The van der Waals surface area contributed by atoms with Gasteiger partial charge in [-0.3, -0.25) is 0 Å². The Morgan fingerprint density at radius 1 is 0.253 bits per heavy atom. The monoisotopic (exact) mass is 951 g/mol. The summed E-state index contributed by atoms with van der Waals surface area (Å²) in [6.07, 6.45) is 0. The molecule has 350 valence electrons. The first kappa shape index (κ1) is 42.2. The maximum absolute atomic E-state index is 2.60. The van der Waals surface area contributed by atoms with Gasteiger partial charge in [0.05, 0.1) is 11.1 Å². The normalized spacial score (nSPS) is 13.9. The predicted molar refractivity (Wildman–Crippen MR) is 316 cm³/mol. The maximum atomic E-state index is 2.60. The fourth-order valence-electron chi connectivity index (χ4n) is 14.0. The van der Waals surface area contributed by atoms with E-state index in [1.807, 2.05) is 0 Å². The van der Waals surface area contributed by atoms with Gasteiger partial charge in [-0.15, -0.1) is 0 Å². The van der Waals surface area contributed by atoms with Gasteiger partial charge in [0.2, 0.25) is 0 Å². The Kier molecular flexibility index (Phi) is 8.79. The first-order chi connectivity index (χ1) is 36.9. The van der Waals surface area contributed by atoms with E-state index in [2.05, 4.69) is 280 Å². The average Bonchev–Trinajstić information content (AvgIpc) is 4.24. The highest BCUT2D eigenvalue weighted by Crippen LogP contribution is 2.64. The molecule has 0 N–H and O–H groups in total. The van der Waals surface area contributed by atoms with E-state index in [1.54, 1.807) is 0 Å². The van der Waals surface area contributed by atoms with Crippen molar-refractivity contribution in [3.8, 4) is 55.6 Å². The largest absolute Gasteiger partial charge is 0.310 e. The fourth-order valence-corrected chi connectivity index (χ4v) is 14.0. The SMILES string of the molecule is CC1(C)c2ccccc2-c2ccc(N(c3ccc4c5ccccc5c5ccccc5c4c3)c3cc4c(cc3-c3ccc(-c5ccc6ccccc6c5)cc3)-c3ccccc3C43c4ccccc4-c4ccccc43)cc21. The van der Waals surface area contributed by atoms with Gasteiger partial charge in [-0.25, -0.2) is 0 Å². The van der Waals surface area contributed by atoms with E-state index in [9.17, 15) is 0 Å². The molecule has 0 fully saturated rings. The fraction of sp³-hybridized carbons (Fsp3) is 0.0541. The van der Waals surface area contributed by atoms with Crippen LogP contribution in [-0.2, 0) is 10.8 Å². The van der Waals surface area contributed by atoms with Crippen LogP contribution in [0.1, 0.15) is 47.2 Å². The minimum absolute atomic E-state index is 0.200. The van der Waals surface area contributed by atoms with Crippen LogP contribution in [0.25, 0.3) is 98.7 Å². The Labute approximate surface area is 437 Å². The van der Waals surface area contributed by atoms with Crippen molar-refractivity contribution in [1.29, 1.82) is 0 Å². The van der Waals surface area contributed by atoms with Gasteiger partial charge in [0.1, 0.15) is 0 Å². The highest BCUT2D eigenvalue weighted by atomic mass is 15.1. The van der Waals surface area contributed by atoms with Crippen LogP contribution in [0.2, 0.25) is 0 Å². The Hall–Kier alpha value is -9.30. The van der Waals surface area contributed by atoms with Crippen LogP contribution in [0.5, 0.6) is 0 Å². The molecule has 13 aromatic rings. The molecule has 0 aliphatic heterocycles. The van der Waals surface area contributed by atoms with Crippen molar-refractivity contribution < 1.29 is 0 Å². The van der Waals surface area contributed by atoms with Gasteiger partial charge in [0.15, 0.2) is 0 Å². The summed E-state index contributed by atoms with van der Waals surface area (Å²) in [5.41, 5.74) is 23.2. The van der Waals surface area contributed by atoms with Crippen molar-refractivity contribution in [1.82, 2.24) is 0 Å². The van der Waals surface area contributed by atoms with Gasteiger partial charge in [-0.2, -0.15) is 0 Å². The van der Waals surface area contributed by atoms with Gasteiger partial charge in [0.25, 0.3) is 0 Å². The summed E-state index contributed by atoms with van der Waals surface area (Å²) in [6.45, 7) is 4.79. The van der Waals surface area contributed by atoms with Gasteiger partial charge < -0.3 is 4.90 Å². The molecule has 0 bridgehead atoms. The average molecular weight is 952 g/mol. The number of hydrogen-bond donors (Lipinski definition) is 0. The van der Waals surface area contributed by atoms with Crippen molar-refractivity contribution in [2.75, 3.05) is 4.90 Å². The standard InChI is InChI=1S/C74H49N/c1-73(2)66-27-13-9-23-58(66)62-40-38-52(43-70(62)73)75(51-37-39-57-55-21-6-5-19-53(55)54-20-7-8-22-56(54)64(57)42-51)72-45-71-65(44-63(72)48-34-31-47(32-35-48)50-36-33-46-17-3-4-18-49(46)41-50)61-26-12-16-30-69(61)74(71)67-28-14-10-24-59(67)60-25-11-15-29-68(60)74/h3-45H,1-2H3. The first-order valence-electron chi connectivity index (χ1n) is 26.4. The molecule has 1 nitrogen and oxygen atoms in total. The van der Waals surface area contributed by atoms with E-state index in [1.165, 1.54) is 132 Å². The smallest absolute Gasteiger partial charge is 0.0726 e. The van der Waals surface area contributed by atoms with Gasteiger partial charge >= 0.3 is 0 Å². The summed E-state index contributed by atoms with van der Waals surface area (Å²) in [7, 11) is 0. The van der Waals surface area contributed by atoms with E-state index in [-0.39, 0.29) is 5.41 Å². The van der Waals surface area contributed by atoms with Crippen molar-refractivity contribution >= 4 is 60.2 Å². The minimum atomic E-state index is -0.530. The van der Waals surface area contributed by atoms with E-state index >= 15 is 0 Å². The molecule has 16 rings (SSSR count). The van der Waals surface area contributed by atoms with Gasteiger partial charge in [0, 0.05) is 22.4 Å². The molecule has 0 atom stereocenters. The second kappa shape index (κ2) is 15.6. The second-order valence-electron chi connectivity index (χ2n) is 21.5. The number of nitrogens with zero attached hydrogens (tertiary/aromatic N) is 1. The molecule has 0 saturated heterocycles. The highest BCUT2D eigenvalue weighted by molar-refractivity contribution is 6.26. The lowest BCUT2D eigenvalue weighted by atomic mass is 9.70. The predicted octanol–water partition coefficient (Wildman–Crippen LogP) is 19.8. The third kappa shape index (κ3) is 5.84. The van der Waals surface area contributed by atoms with Crippen LogP contribution in [0, 0.1) is 0 Å². The van der Waals surface area contributed by atoms with Gasteiger partial charge in [-0.05, 0) is 169 Å². The number of hydrogen-bond acceptors (Lipinski definition) is 1. The lowest BCUT2D eigenvalue weighted by molar-refractivity contribution is 0.660. The van der Waals surface area contributed by atoms with E-state index in [4.69, 9.17) is 0 Å². The zero-order valence-electron chi connectivity index (χ0n) is 41.8. The zero-order valence-corrected chi connectivity index (χ0v) is 41.8. The molecule has 0 radical (unpaired) electrons. The Bertz CT molecular complexity index is 4490. The van der Waals surface area contributed by atoms with Crippen LogP contribution in [0.4, 0.5) is 17.1 Å². The molecule has 0 heterocycles. The number of rotatable bonds is 5. The van der Waals surface area contributed by atoms with Crippen LogP contribution in [0.15, 0.2) is 261 Å². The molecule has 0 aromatic heterocycles. The highest BCUT2D eigenvalue weighted by Gasteiger charge is 2.52. The molecule has 13 aromatic carbocycles. The molecule has 3 aliphatic rings. The van der Waals surface area contributed by atoms with E-state index in [0.717, 1.165) is 17.1 Å². The van der Waals surface area contributed by atoms with E-state index < -0.39 is 5.41 Å². The number of fused-ring (bicyclic) bond motifs is 20. The molecule has 1 spiro atoms. The van der Waals surface area contributed by atoms with Crippen LogP contribution < -0.4 is 4.90 Å². The van der Waals surface area contributed by atoms with Gasteiger partial charge in [-0.1, -0.05) is 232 Å². The summed E-state index contributed by atoms with van der Waals surface area (Å²) in [5, 5.41) is 10.1. The summed E-state index contributed by atoms with van der Waals surface area (Å²) < 4.78 is 0. The summed E-state index contributed by atoms with van der Waals surface area (Å²) in [6, 6.07) is 98.8. The maximum Gasteiger partial charge on any atom is 0.0726 e. The Morgan fingerprint density at radius 2 is 0.707 bits per heavy atom. The quantitative estimate of drug-likeness (QED) is 0.155. The number of benzene rings is 13. The van der Waals surface area contributed by atoms with Crippen molar-refractivity contribution in [3.05, 3.63) is 294 Å². The van der Waals surface area contributed by atoms with Crippen LogP contribution in [0.3, 0.4) is 0 Å². The lowest BCUT2D eigenvalue weighted by Crippen LogP contribution is -2.26. The summed E-state index contributed by atoms with van der Waals surface area (Å²) >= 11 is 0. The Balaban J connectivity index is 1.01. The minimum Gasteiger partial charge on any atom is -0.310 e. The molecule has 75 heavy (non-hydrogen) atoms. The summed E-state index contributed by atoms with van der Waals surface area (Å²) in [5.74, 6) is 0. The van der Waals surface area contributed by atoms with Crippen molar-refractivity contribution in [2.45, 2.75) is 24.7 Å². The second-order valence-corrected chi connectivity index (χ2v) is 21.5. The third-order valence-corrected chi connectivity index (χ3v) is 17.4.